The van der Waals surface area contributed by atoms with E-state index >= 15 is 0 Å². The van der Waals surface area contributed by atoms with Crippen LogP contribution >= 0.6 is 11.3 Å². The van der Waals surface area contributed by atoms with Crippen LogP contribution in [0.15, 0.2) is 17.5 Å². The number of Topliss-reactive ketones (excluding diaryl/α,β-unsaturated/α-hetero) is 1. The third-order valence-corrected chi connectivity index (χ3v) is 3.18. The van der Waals surface area contributed by atoms with E-state index in [9.17, 15) is 9.59 Å². The van der Waals surface area contributed by atoms with Crippen LogP contribution in [-0.2, 0) is 0 Å². The van der Waals surface area contributed by atoms with Gasteiger partial charge in [-0.25, -0.2) is 4.79 Å². The first-order valence-electron chi connectivity index (χ1n) is 5.23. The first-order valence-corrected chi connectivity index (χ1v) is 6.11. The molecule has 0 aliphatic rings. The van der Waals surface area contributed by atoms with Crippen molar-refractivity contribution < 1.29 is 14.7 Å². The van der Waals surface area contributed by atoms with Crippen molar-refractivity contribution >= 4 is 23.2 Å². The summed E-state index contributed by atoms with van der Waals surface area (Å²) in [4.78, 5) is 23.2. The normalized spacial score (nSPS) is 13.1. The summed E-state index contributed by atoms with van der Waals surface area (Å²) in [5.41, 5.74) is -0.342. The second-order valence-corrected chi connectivity index (χ2v) is 5.75. The first-order chi connectivity index (χ1) is 7.80. The first kappa shape index (κ1) is 13.7. The van der Waals surface area contributed by atoms with Gasteiger partial charge in [-0.3, -0.25) is 4.79 Å². The van der Waals surface area contributed by atoms with E-state index in [1.807, 2.05) is 26.2 Å². The fourth-order valence-electron chi connectivity index (χ4n) is 1.29. The number of hydrogen-bond acceptors (Lipinski definition) is 3. The molecule has 4 nitrogen and oxygen atoms in total. The van der Waals surface area contributed by atoms with Gasteiger partial charge in [-0.05, 0) is 16.9 Å². The Bertz CT molecular complexity index is 392. The van der Waals surface area contributed by atoms with Gasteiger partial charge in [-0.15, -0.1) is 11.3 Å². The maximum atomic E-state index is 11.9. The number of amides is 1. The highest BCUT2D eigenvalue weighted by molar-refractivity contribution is 7.12. The second kappa shape index (κ2) is 5.31. The van der Waals surface area contributed by atoms with Crippen LogP contribution in [0, 0.1) is 11.8 Å². The summed E-state index contributed by atoms with van der Waals surface area (Å²) in [6.45, 7) is 5.64. The van der Waals surface area contributed by atoms with Crippen LogP contribution in [-0.4, -0.2) is 23.0 Å². The largest absolute Gasteiger partial charge is 0.465 e. The summed E-state index contributed by atoms with van der Waals surface area (Å²) in [6, 6.07) is 3.02. The van der Waals surface area contributed by atoms with Gasteiger partial charge >= 0.3 is 6.09 Å². The van der Waals surface area contributed by atoms with Crippen LogP contribution < -0.4 is 5.32 Å². The lowest BCUT2D eigenvalue weighted by atomic mass is 9.83. The molecular weight excluding hydrogens is 238 g/mol. The summed E-state index contributed by atoms with van der Waals surface area (Å²) >= 11 is 1.35. The maximum absolute atomic E-state index is 11.9. The highest BCUT2D eigenvalue weighted by atomic mass is 32.1. The van der Waals surface area contributed by atoms with E-state index in [0.29, 0.717) is 4.88 Å². The Hall–Kier alpha value is -1.36. The Morgan fingerprint density at radius 2 is 2.12 bits per heavy atom. The van der Waals surface area contributed by atoms with Gasteiger partial charge in [0.05, 0.1) is 11.3 Å². The molecule has 0 saturated carbocycles. The van der Waals surface area contributed by atoms with Gasteiger partial charge in [-0.1, -0.05) is 26.8 Å². The van der Waals surface area contributed by atoms with Crippen molar-refractivity contribution in [1.82, 2.24) is 5.32 Å². The van der Waals surface area contributed by atoms with Gasteiger partial charge in [-0.2, -0.15) is 0 Å². The Kier molecular flexibility index (Phi) is 4.28. The molecule has 0 aliphatic heterocycles. The summed E-state index contributed by atoms with van der Waals surface area (Å²) in [6.07, 6.45) is 0.306. The molecule has 1 atom stereocenters. The minimum Gasteiger partial charge on any atom is -0.465 e. The Morgan fingerprint density at radius 1 is 1.47 bits per heavy atom. The predicted molar refractivity (Wildman–Crippen MR) is 67.4 cm³/mol. The van der Waals surface area contributed by atoms with E-state index in [0.717, 1.165) is 0 Å². The van der Waals surface area contributed by atoms with Crippen molar-refractivity contribution in [2.45, 2.75) is 26.8 Å². The molecule has 2 N–H and O–H groups in total. The second-order valence-electron chi connectivity index (χ2n) is 4.80. The van der Waals surface area contributed by atoms with Crippen LogP contribution in [0.5, 0.6) is 0 Å². The van der Waals surface area contributed by atoms with E-state index in [-0.39, 0.29) is 11.2 Å². The van der Waals surface area contributed by atoms with Crippen molar-refractivity contribution in [2.75, 3.05) is 0 Å². The number of nitrogens with one attached hydrogen (secondary N) is 1. The zero-order valence-electron chi connectivity index (χ0n) is 10.1. The minimum atomic E-state index is -1.12. The molecule has 0 aromatic carbocycles. The van der Waals surface area contributed by atoms with Gasteiger partial charge < -0.3 is 10.4 Å². The van der Waals surface area contributed by atoms with E-state index in [2.05, 4.69) is 5.32 Å². The molecule has 0 unspecified atom stereocenters. The van der Waals surface area contributed by atoms with Crippen molar-refractivity contribution in [3.05, 3.63) is 28.8 Å². The number of carbonyl (C=O) groups is 2. The number of carbonyl (C=O) groups excluding carboxylic acids is 1. The molecule has 1 rings (SSSR count). The Labute approximate surface area is 105 Å². The molecule has 0 saturated heterocycles. The van der Waals surface area contributed by atoms with Crippen LogP contribution in [0.25, 0.3) is 0 Å². The molecule has 0 bridgehead atoms. The number of rotatable bonds is 4. The molecule has 17 heavy (non-hydrogen) atoms. The van der Waals surface area contributed by atoms with Gasteiger partial charge in [0.25, 0.3) is 0 Å². The molecule has 1 radical (unpaired) electrons. The van der Waals surface area contributed by atoms with E-state index in [4.69, 9.17) is 5.11 Å². The van der Waals surface area contributed by atoms with E-state index in [1.165, 1.54) is 17.8 Å². The summed E-state index contributed by atoms with van der Waals surface area (Å²) in [5.74, 6) is -0.145. The SMILES string of the molecule is CC(C)(C)[C@H]([CH]C(=O)c1cccs1)NC(=O)O. The molecule has 1 aromatic rings. The number of hydrogen-bond donors (Lipinski definition) is 2. The molecular formula is C12H16NO3S. The van der Waals surface area contributed by atoms with Gasteiger partial charge in [0.15, 0.2) is 5.78 Å². The lowest BCUT2D eigenvalue weighted by Gasteiger charge is -2.29. The molecule has 1 aromatic heterocycles. The minimum absolute atomic E-state index is 0.145. The monoisotopic (exact) mass is 254 g/mol. The average molecular weight is 254 g/mol. The molecule has 5 heteroatoms. The van der Waals surface area contributed by atoms with Gasteiger partial charge in [0.2, 0.25) is 0 Å². The summed E-state index contributed by atoms with van der Waals surface area (Å²) in [7, 11) is 0. The molecule has 93 valence electrons. The van der Waals surface area contributed by atoms with Crippen molar-refractivity contribution in [3.8, 4) is 0 Å². The summed E-state index contributed by atoms with van der Waals surface area (Å²) in [5, 5.41) is 12.9. The van der Waals surface area contributed by atoms with E-state index in [1.54, 1.807) is 12.1 Å². The topological polar surface area (TPSA) is 66.4 Å². The lowest BCUT2D eigenvalue weighted by molar-refractivity contribution is 0.101. The van der Waals surface area contributed by atoms with Crippen LogP contribution in [0.1, 0.15) is 30.4 Å². The third-order valence-electron chi connectivity index (χ3n) is 2.29. The average Bonchev–Trinajstić information content (AvgIpc) is 2.66. The molecule has 1 heterocycles. The molecule has 1 amide bonds. The quantitative estimate of drug-likeness (QED) is 0.812. The molecule has 0 spiro atoms. The predicted octanol–water partition coefficient (Wildman–Crippen LogP) is 2.82. The third kappa shape index (κ3) is 4.19. The number of thiophene rings is 1. The van der Waals surface area contributed by atoms with E-state index < -0.39 is 12.1 Å². The smallest absolute Gasteiger partial charge is 0.404 e. The fourth-order valence-corrected chi connectivity index (χ4v) is 1.94. The number of carboxylic acid groups (broad SMARTS) is 1. The molecule has 0 fully saturated rings. The molecule has 0 aliphatic carbocycles. The van der Waals surface area contributed by atoms with Crippen LogP contribution in [0.4, 0.5) is 4.79 Å². The van der Waals surface area contributed by atoms with Crippen molar-refractivity contribution in [3.63, 3.8) is 0 Å². The zero-order valence-corrected chi connectivity index (χ0v) is 10.9. The fraction of sp³-hybridized carbons (Fsp3) is 0.417. The standard InChI is InChI=1S/C12H16NO3S/c1-12(2,3)10(13-11(15)16)7-8(14)9-5-4-6-17-9/h4-7,10,13H,1-3H3,(H,15,16)/t10-/m0/s1. The van der Waals surface area contributed by atoms with Gasteiger partial charge in [0.1, 0.15) is 0 Å². The van der Waals surface area contributed by atoms with Gasteiger partial charge in [0, 0.05) is 6.04 Å². The summed E-state index contributed by atoms with van der Waals surface area (Å²) < 4.78 is 0. The zero-order chi connectivity index (χ0) is 13.1. The van der Waals surface area contributed by atoms with Crippen molar-refractivity contribution in [2.24, 2.45) is 5.41 Å². The van der Waals surface area contributed by atoms with Crippen LogP contribution in [0.2, 0.25) is 0 Å². The highest BCUT2D eigenvalue weighted by Crippen LogP contribution is 2.23. The number of ketones is 1. The Balaban J connectivity index is 2.73. The van der Waals surface area contributed by atoms with Crippen LogP contribution in [0.3, 0.4) is 0 Å². The van der Waals surface area contributed by atoms with Crippen molar-refractivity contribution in [1.29, 1.82) is 0 Å². The maximum Gasteiger partial charge on any atom is 0.404 e. The lowest BCUT2D eigenvalue weighted by Crippen LogP contribution is -2.44. The highest BCUT2D eigenvalue weighted by Gasteiger charge is 2.29. The Morgan fingerprint density at radius 3 is 2.53 bits per heavy atom.